The SMILES string of the molecule is [CH2-]O/C(C)=C\C(C)=O.[CH2-]c1ccccc1-c1ccccn1.[Ir]. The summed E-state index contributed by atoms with van der Waals surface area (Å²) in [5, 5.41) is 0. The number of nitrogens with zero attached hydrogens (tertiary/aromatic N) is 1. The van der Waals surface area contributed by atoms with Gasteiger partial charge in [-0.3, -0.25) is 9.78 Å². The van der Waals surface area contributed by atoms with Gasteiger partial charge in [-0.1, -0.05) is 12.1 Å². The Morgan fingerprint density at radius 3 is 2.23 bits per heavy atom. The fraction of sp³-hybridized carbons (Fsp3) is 0.111. The number of allylic oxidation sites excluding steroid dienone is 2. The van der Waals surface area contributed by atoms with Crippen LogP contribution in [-0.2, 0) is 29.6 Å². The fourth-order valence-corrected chi connectivity index (χ4v) is 1.62. The monoisotopic (exact) mass is 474 g/mol. The van der Waals surface area contributed by atoms with Crippen molar-refractivity contribution in [2.75, 3.05) is 0 Å². The number of aromatic nitrogens is 1. The molecular formula is C18H19IrNO2-2. The van der Waals surface area contributed by atoms with E-state index >= 15 is 0 Å². The average Bonchev–Trinajstić information content (AvgIpc) is 2.48. The molecule has 4 heteroatoms. The summed E-state index contributed by atoms with van der Waals surface area (Å²) in [7, 11) is 3.12. The molecule has 3 nitrogen and oxygen atoms in total. The smallest absolute Gasteiger partial charge is 0.155 e. The van der Waals surface area contributed by atoms with Gasteiger partial charge in [-0.15, -0.1) is 17.7 Å². The third-order valence-corrected chi connectivity index (χ3v) is 2.59. The minimum atomic E-state index is -0.0221. The number of carbonyl (C=O) groups is 1. The van der Waals surface area contributed by atoms with Crippen molar-refractivity contribution < 1.29 is 29.6 Å². The standard InChI is InChI=1S/C12H10N.C6H9O2.Ir/c1-10-6-2-3-7-11(10)12-8-4-5-9-13-12;1-5(7)4-6(2)8-3;/h2-9H,1H2;4H,3H2,1-2H3;/q2*-1;/b;6-4-;. The van der Waals surface area contributed by atoms with Crippen molar-refractivity contribution in [2.24, 2.45) is 0 Å². The normalized spacial score (nSPS) is 9.86. The minimum absolute atomic E-state index is 0. The van der Waals surface area contributed by atoms with Crippen LogP contribution in [0.3, 0.4) is 0 Å². The molecule has 0 amide bonds. The number of pyridine rings is 1. The van der Waals surface area contributed by atoms with Gasteiger partial charge in [0.2, 0.25) is 0 Å². The summed E-state index contributed by atoms with van der Waals surface area (Å²) in [6.45, 7) is 7.09. The second-order valence-corrected chi connectivity index (χ2v) is 4.38. The number of hydrogen-bond acceptors (Lipinski definition) is 3. The van der Waals surface area contributed by atoms with Crippen molar-refractivity contribution in [3.05, 3.63) is 80.1 Å². The van der Waals surface area contributed by atoms with Crippen molar-refractivity contribution in [2.45, 2.75) is 13.8 Å². The van der Waals surface area contributed by atoms with Crippen LogP contribution >= 0.6 is 0 Å². The van der Waals surface area contributed by atoms with Gasteiger partial charge in [0.15, 0.2) is 5.78 Å². The molecule has 2 aromatic rings. The van der Waals surface area contributed by atoms with E-state index in [9.17, 15) is 4.79 Å². The van der Waals surface area contributed by atoms with E-state index in [-0.39, 0.29) is 25.9 Å². The van der Waals surface area contributed by atoms with Gasteiger partial charge in [0.1, 0.15) is 0 Å². The summed E-state index contributed by atoms with van der Waals surface area (Å²) in [5.41, 5.74) is 3.09. The third kappa shape index (κ3) is 7.21. The maximum Gasteiger partial charge on any atom is 0.155 e. The Labute approximate surface area is 145 Å². The topological polar surface area (TPSA) is 39.2 Å². The van der Waals surface area contributed by atoms with E-state index in [1.165, 1.54) is 13.0 Å². The van der Waals surface area contributed by atoms with Crippen LogP contribution in [0.2, 0.25) is 0 Å². The second-order valence-electron chi connectivity index (χ2n) is 4.38. The van der Waals surface area contributed by atoms with Crippen molar-refractivity contribution in [3.8, 4) is 11.3 Å². The fourth-order valence-electron chi connectivity index (χ4n) is 1.62. The van der Waals surface area contributed by atoms with Gasteiger partial charge >= 0.3 is 0 Å². The quantitative estimate of drug-likeness (QED) is 0.381. The van der Waals surface area contributed by atoms with Gasteiger partial charge in [-0.05, 0) is 26.0 Å². The maximum atomic E-state index is 10.2. The molecule has 1 aromatic heterocycles. The van der Waals surface area contributed by atoms with Gasteiger partial charge in [0.25, 0.3) is 0 Å². The second kappa shape index (κ2) is 10.8. The Balaban J connectivity index is 0.000000432. The van der Waals surface area contributed by atoms with Gasteiger partial charge < -0.3 is 4.74 Å². The van der Waals surface area contributed by atoms with Crippen LogP contribution in [0, 0.1) is 14.0 Å². The predicted octanol–water partition coefficient (Wildman–Crippen LogP) is 4.22. The molecule has 1 heterocycles. The summed E-state index contributed by atoms with van der Waals surface area (Å²) in [4.78, 5) is 14.5. The molecule has 0 bridgehead atoms. The van der Waals surface area contributed by atoms with Gasteiger partial charge in [-0.2, -0.15) is 25.7 Å². The zero-order chi connectivity index (χ0) is 15.7. The van der Waals surface area contributed by atoms with Crippen LogP contribution in [0.5, 0.6) is 0 Å². The number of hydrogen-bond donors (Lipinski definition) is 0. The van der Waals surface area contributed by atoms with Crippen molar-refractivity contribution >= 4 is 5.78 Å². The average molecular weight is 474 g/mol. The number of ether oxygens (including phenoxy) is 1. The summed E-state index contributed by atoms with van der Waals surface area (Å²) in [5.74, 6) is 0.517. The summed E-state index contributed by atoms with van der Waals surface area (Å²) >= 11 is 0. The molecule has 1 aromatic carbocycles. The van der Waals surface area contributed by atoms with Crippen molar-refractivity contribution in [1.82, 2.24) is 4.98 Å². The number of benzene rings is 1. The predicted molar refractivity (Wildman–Crippen MR) is 85.0 cm³/mol. The molecule has 0 aliphatic rings. The van der Waals surface area contributed by atoms with E-state index in [2.05, 4.69) is 23.8 Å². The first-order chi connectivity index (χ1) is 10.0. The summed E-state index contributed by atoms with van der Waals surface area (Å²) in [6, 6.07) is 13.9. The Hall–Kier alpha value is -1.90. The molecule has 0 spiro atoms. The van der Waals surface area contributed by atoms with Gasteiger partial charge in [0.05, 0.1) is 5.76 Å². The molecule has 0 aliphatic carbocycles. The zero-order valence-electron chi connectivity index (χ0n) is 12.7. The maximum absolute atomic E-state index is 10.2. The molecule has 0 atom stereocenters. The van der Waals surface area contributed by atoms with E-state index in [0.717, 1.165) is 16.8 Å². The Kier molecular flexibility index (Phi) is 9.84. The first-order valence-electron chi connectivity index (χ1n) is 6.48. The summed E-state index contributed by atoms with van der Waals surface area (Å²) in [6.07, 6.45) is 3.18. The van der Waals surface area contributed by atoms with Gasteiger partial charge in [0, 0.05) is 38.1 Å². The Bertz CT molecular complexity index is 609. The molecule has 0 N–H and O–H groups in total. The van der Waals surface area contributed by atoms with E-state index in [1.54, 1.807) is 13.1 Å². The largest absolute Gasteiger partial charge is 0.668 e. The molecule has 0 saturated heterocycles. The Morgan fingerprint density at radius 2 is 1.77 bits per heavy atom. The van der Waals surface area contributed by atoms with E-state index in [0.29, 0.717) is 5.76 Å². The number of rotatable bonds is 3. The molecular weight excluding hydrogens is 454 g/mol. The minimum Gasteiger partial charge on any atom is -0.668 e. The molecule has 0 unspecified atom stereocenters. The number of carbonyl (C=O) groups excluding carboxylic acids is 1. The molecule has 22 heavy (non-hydrogen) atoms. The molecule has 2 rings (SSSR count). The molecule has 1 radical (unpaired) electrons. The van der Waals surface area contributed by atoms with Crippen LogP contribution in [0.25, 0.3) is 11.3 Å². The first-order valence-corrected chi connectivity index (χ1v) is 6.48. The van der Waals surface area contributed by atoms with Crippen LogP contribution in [0.15, 0.2) is 60.5 Å². The van der Waals surface area contributed by atoms with Crippen LogP contribution in [0.4, 0.5) is 0 Å². The van der Waals surface area contributed by atoms with Crippen LogP contribution in [0.1, 0.15) is 19.4 Å². The number of ketones is 1. The molecule has 119 valence electrons. The summed E-state index contributed by atoms with van der Waals surface area (Å²) < 4.78 is 4.45. The zero-order valence-corrected chi connectivity index (χ0v) is 15.1. The molecule has 0 fully saturated rings. The third-order valence-electron chi connectivity index (χ3n) is 2.59. The molecule has 0 saturated carbocycles. The van der Waals surface area contributed by atoms with Crippen LogP contribution in [-0.4, -0.2) is 10.8 Å². The van der Waals surface area contributed by atoms with Crippen molar-refractivity contribution in [3.63, 3.8) is 0 Å². The van der Waals surface area contributed by atoms with E-state index < -0.39 is 0 Å². The first kappa shape index (κ1) is 20.1. The van der Waals surface area contributed by atoms with E-state index in [4.69, 9.17) is 0 Å². The van der Waals surface area contributed by atoms with Gasteiger partial charge in [-0.25, -0.2) is 0 Å². The van der Waals surface area contributed by atoms with Crippen LogP contribution < -0.4 is 0 Å². The van der Waals surface area contributed by atoms with Crippen molar-refractivity contribution in [1.29, 1.82) is 0 Å². The van der Waals surface area contributed by atoms with E-state index in [1.807, 2.05) is 42.5 Å². The molecule has 0 aliphatic heterocycles. The Morgan fingerprint density at radius 1 is 1.14 bits per heavy atom.